The van der Waals surface area contributed by atoms with E-state index in [0.29, 0.717) is 6.61 Å². The zero-order valence-electron chi connectivity index (χ0n) is 15.1. The summed E-state index contributed by atoms with van der Waals surface area (Å²) in [5.74, 6) is 0. The van der Waals surface area contributed by atoms with E-state index in [-0.39, 0.29) is 5.41 Å². The molecule has 0 heterocycles. The van der Waals surface area contributed by atoms with Crippen LogP contribution in [0.5, 0.6) is 0 Å². The van der Waals surface area contributed by atoms with Crippen molar-refractivity contribution in [3.63, 3.8) is 0 Å². The van der Waals surface area contributed by atoms with E-state index in [2.05, 4.69) is 79.4 Å². The van der Waals surface area contributed by atoms with E-state index in [1.54, 1.807) is 0 Å². The van der Waals surface area contributed by atoms with Crippen LogP contribution in [0.4, 0.5) is 0 Å². The van der Waals surface area contributed by atoms with Crippen LogP contribution in [-0.2, 0) is 13.1 Å². The zero-order chi connectivity index (χ0) is 17.3. The van der Waals surface area contributed by atoms with Gasteiger partial charge in [0, 0.05) is 19.7 Å². The van der Waals surface area contributed by atoms with E-state index < -0.39 is 0 Å². The number of aliphatic hydroxyl groups is 1. The first-order valence-electron chi connectivity index (χ1n) is 9.00. The summed E-state index contributed by atoms with van der Waals surface area (Å²) < 4.78 is 0. The van der Waals surface area contributed by atoms with Gasteiger partial charge in [-0.1, -0.05) is 74.5 Å². The summed E-state index contributed by atoms with van der Waals surface area (Å²) in [6.07, 6.45) is 3.12. The van der Waals surface area contributed by atoms with Crippen LogP contribution in [0.2, 0.25) is 0 Å². The van der Waals surface area contributed by atoms with Gasteiger partial charge < -0.3 is 5.11 Å². The molecule has 2 nitrogen and oxygen atoms in total. The molecule has 2 heteroatoms. The lowest BCUT2D eigenvalue weighted by atomic mass is 9.84. The fourth-order valence-corrected chi connectivity index (χ4v) is 3.04. The van der Waals surface area contributed by atoms with Crippen molar-refractivity contribution in [3.8, 4) is 0 Å². The Balaban J connectivity index is 1.99. The Morgan fingerprint density at radius 3 is 1.75 bits per heavy atom. The molecule has 0 aliphatic carbocycles. The number of hydrogen-bond acceptors (Lipinski definition) is 2. The smallest absolute Gasteiger partial charge is 0.0431 e. The van der Waals surface area contributed by atoms with Crippen LogP contribution in [0.25, 0.3) is 0 Å². The topological polar surface area (TPSA) is 23.5 Å². The molecule has 0 amide bonds. The van der Waals surface area contributed by atoms with Gasteiger partial charge in [-0.3, -0.25) is 4.90 Å². The van der Waals surface area contributed by atoms with Crippen molar-refractivity contribution in [1.29, 1.82) is 0 Å². The summed E-state index contributed by atoms with van der Waals surface area (Å²) in [6.45, 7) is 7.94. The van der Waals surface area contributed by atoms with Crippen molar-refractivity contribution in [2.24, 2.45) is 5.41 Å². The number of rotatable bonds is 10. The Bertz CT molecular complexity index is 524. The molecule has 0 saturated carbocycles. The second-order valence-corrected chi connectivity index (χ2v) is 7.42. The maximum atomic E-state index is 9.09. The lowest BCUT2D eigenvalue weighted by Crippen LogP contribution is -2.28. The summed E-state index contributed by atoms with van der Waals surface area (Å²) in [6, 6.07) is 21.4. The summed E-state index contributed by atoms with van der Waals surface area (Å²) in [7, 11) is 0. The molecule has 0 saturated heterocycles. The van der Waals surface area contributed by atoms with Gasteiger partial charge in [0.25, 0.3) is 0 Å². The maximum Gasteiger partial charge on any atom is 0.0431 e. The molecule has 130 valence electrons. The molecular weight excluding hydrogens is 294 g/mol. The third-order valence-corrected chi connectivity index (χ3v) is 4.61. The highest BCUT2D eigenvalue weighted by molar-refractivity contribution is 5.17. The van der Waals surface area contributed by atoms with E-state index in [0.717, 1.165) is 38.9 Å². The minimum Gasteiger partial charge on any atom is -0.396 e. The number of aliphatic hydroxyl groups excluding tert-OH is 1. The van der Waals surface area contributed by atoms with Crippen molar-refractivity contribution >= 4 is 0 Å². The minimum atomic E-state index is 0.272. The van der Waals surface area contributed by atoms with Gasteiger partial charge in [0.2, 0.25) is 0 Å². The molecule has 0 fully saturated rings. The van der Waals surface area contributed by atoms with Crippen molar-refractivity contribution in [2.75, 3.05) is 13.2 Å². The van der Waals surface area contributed by atoms with E-state index in [4.69, 9.17) is 5.11 Å². The highest BCUT2D eigenvalue weighted by Crippen LogP contribution is 2.27. The predicted molar refractivity (Wildman–Crippen MR) is 102 cm³/mol. The van der Waals surface area contributed by atoms with Crippen LogP contribution in [0, 0.1) is 5.41 Å². The molecule has 0 unspecified atom stereocenters. The van der Waals surface area contributed by atoms with Crippen LogP contribution in [0.1, 0.15) is 44.2 Å². The first-order valence-corrected chi connectivity index (χ1v) is 9.00. The summed E-state index contributed by atoms with van der Waals surface area (Å²) in [5.41, 5.74) is 3.00. The molecule has 1 N–H and O–H groups in total. The second-order valence-electron chi connectivity index (χ2n) is 7.42. The minimum absolute atomic E-state index is 0.272. The third-order valence-electron chi connectivity index (χ3n) is 4.61. The molecule has 0 aliphatic heterocycles. The van der Waals surface area contributed by atoms with Crippen LogP contribution in [0.3, 0.4) is 0 Å². The Hall–Kier alpha value is -1.64. The number of nitrogens with zero attached hydrogens (tertiary/aromatic N) is 1. The van der Waals surface area contributed by atoms with Gasteiger partial charge in [0.05, 0.1) is 0 Å². The van der Waals surface area contributed by atoms with Crippen LogP contribution in [0.15, 0.2) is 60.7 Å². The molecule has 0 bridgehead atoms. The van der Waals surface area contributed by atoms with Crippen LogP contribution >= 0.6 is 0 Å². The summed E-state index contributed by atoms with van der Waals surface area (Å²) >= 11 is 0. The molecular formula is C22H31NO. The molecule has 0 spiro atoms. The predicted octanol–water partition coefficient (Wildman–Crippen LogP) is 4.88. The zero-order valence-corrected chi connectivity index (χ0v) is 15.1. The Labute approximate surface area is 147 Å². The number of hydrogen-bond donors (Lipinski definition) is 1. The van der Waals surface area contributed by atoms with Gasteiger partial charge in [-0.2, -0.15) is 0 Å². The van der Waals surface area contributed by atoms with Crippen LogP contribution < -0.4 is 0 Å². The molecule has 0 radical (unpaired) electrons. The molecule has 0 aromatic heterocycles. The second kappa shape index (κ2) is 9.61. The van der Waals surface area contributed by atoms with Gasteiger partial charge in [0.15, 0.2) is 0 Å². The quantitative estimate of drug-likeness (QED) is 0.673. The van der Waals surface area contributed by atoms with E-state index in [1.807, 2.05) is 0 Å². The Morgan fingerprint density at radius 2 is 1.29 bits per heavy atom. The van der Waals surface area contributed by atoms with Crippen molar-refractivity contribution in [3.05, 3.63) is 71.8 Å². The molecule has 2 aromatic carbocycles. The van der Waals surface area contributed by atoms with Gasteiger partial charge >= 0.3 is 0 Å². The lowest BCUT2D eigenvalue weighted by molar-refractivity contribution is 0.182. The normalized spacial score (nSPS) is 11.8. The van der Waals surface area contributed by atoms with Crippen molar-refractivity contribution < 1.29 is 5.11 Å². The number of benzene rings is 2. The summed E-state index contributed by atoms with van der Waals surface area (Å²) in [5, 5.41) is 9.09. The van der Waals surface area contributed by atoms with E-state index in [1.165, 1.54) is 11.1 Å². The van der Waals surface area contributed by atoms with Crippen LogP contribution in [-0.4, -0.2) is 23.2 Å². The van der Waals surface area contributed by atoms with Gasteiger partial charge in [-0.05, 0) is 42.3 Å². The average Bonchev–Trinajstić information content (AvgIpc) is 2.60. The summed E-state index contributed by atoms with van der Waals surface area (Å²) in [4.78, 5) is 2.53. The highest BCUT2D eigenvalue weighted by Gasteiger charge is 2.19. The van der Waals surface area contributed by atoms with Gasteiger partial charge in [-0.15, -0.1) is 0 Å². The van der Waals surface area contributed by atoms with E-state index >= 15 is 0 Å². The SMILES string of the molecule is CC(C)(CCCO)CCN(Cc1ccccc1)Cc1ccccc1. The third kappa shape index (κ3) is 6.86. The molecule has 0 atom stereocenters. The van der Waals surface area contributed by atoms with Crippen molar-refractivity contribution in [1.82, 2.24) is 4.90 Å². The van der Waals surface area contributed by atoms with E-state index in [9.17, 15) is 0 Å². The first kappa shape index (κ1) is 18.7. The Morgan fingerprint density at radius 1 is 0.792 bits per heavy atom. The molecule has 2 rings (SSSR count). The van der Waals surface area contributed by atoms with Gasteiger partial charge in [-0.25, -0.2) is 0 Å². The first-order chi connectivity index (χ1) is 11.6. The maximum absolute atomic E-state index is 9.09. The lowest BCUT2D eigenvalue weighted by Gasteiger charge is -2.29. The fourth-order valence-electron chi connectivity index (χ4n) is 3.04. The molecule has 24 heavy (non-hydrogen) atoms. The van der Waals surface area contributed by atoms with Crippen molar-refractivity contribution in [2.45, 2.75) is 46.2 Å². The fraction of sp³-hybridized carbons (Fsp3) is 0.455. The largest absolute Gasteiger partial charge is 0.396 e. The molecule has 2 aromatic rings. The standard InChI is InChI=1S/C22H31NO/c1-22(2,14-9-17-24)15-16-23(18-20-10-5-3-6-11-20)19-21-12-7-4-8-13-21/h3-8,10-13,24H,9,14-19H2,1-2H3. The molecule has 0 aliphatic rings. The average molecular weight is 325 g/mol. The highest BCUT2D eigenvalue weighted by atomic mass is 16.2. The van der Waals surface area contributed by atoms with Gasteiger partial charge in [0.1, 0.15) is 0 Å². The monoisotopic (exact) mass is 325 g/mol. The Kier molecular flexibility index (Phi) is 7.48.